The van der Waals surface area contributed by atoms with Gasteiger partial charge in [-0.25, -0.2) is 8.42 Å². The highest BCUT2D eigenvalue weighted by Gasteiger charge is 2.30. The first kappa shape index (κ1) is 19.9. The van der Waals surface area contributed by atoms with Crippen molar-refractivity contribution in [3.05, 3.63) is 18.2 Å². The molecule has 140 valence electrons. The van der Waals surface area contributed by atoms with Gasteiger partial charge < -0.3 is 20.1 Å². The fourth-order valence-electron chi connectivity index (χ4n) is 2.57. The van der Waals surface area contributed by atoms with Crippen LogP contribution < -0.4 is 15.4 Å². The molecule has 0 saturated carbocycles. The molecule has 0 aromatic heterocycles. The molecule has 1 fully saturated rings. The normalized spacial score (nSPS) is 15.1. The summed E-state index contributed by atoms with van der Waals surface area (Å²) in [4.78, 5) is 0.168. The Morgan fingerprint density at radius 3 is 2.68 bits per heavy atom. The first-order valence-corrected chi connectivity index (χ1v) is 10.1. The number of sulfonamides is 1. The van der Waals surface area contributed by atoms with Crippen molar-refractivity contribution in [3.8, 4) is 5.75 Å². The van der Waals surface area contributed by atoms with Gasteiger partial charge in [0.1, 0.15) is 10.6 Å². The molecule has 1 heterocycles. The summed E-state index contributed by atoms with van der Waals surface area (Å²) in [6.07, 6.45) is 1.77. The summed E-state index contributed by atoms with van der Waals surface area (Å²) in [5.41, 5.74) is 0.594. The van der Waals surface area contributed by atoms with Crippen molar-refractivity contribution in [1.29, 1.82) is 0 Å². The molecule has 1 aliphatic heterocycles. The van der Waals surface area contributed by atoms with Gasteiger partial charge in [-0.05, 0) is 50.2 Å². The van der Waals surface area contributed by atoms with Crippen LogP contribution in [0.25, 0.3) is 0 Å². The number of hydrogen-bond acceptors (Lipinski definition) is 5. The lowest BCUT2D eigenvalue weighted by Crippen LogP contribution is -2.31. The molecule has 7 nitrogen and oxygen atoms in total. The first-order chi connectivity index (χ1) is 12.0. The number of hydrogen-bond donors (Lipinski definition) is 2. The van der Waals surface area contributed by atoms with Crippen molar-refractivity contribution in [2.45, 2.75) is 24.7 Å². The SMILES string of the molecule is CCOc1ccc(NC(=S)NCCOC)cc1S(=O)(=O)N1CCCC1. The van der Waals surface area contributed by atoms with Crippen LogP contribution in [0.1, 0.15) is 19.8 Å². The van der Waals surface area contributed by atoms with Crippen molar-refractivity contribution < 1.29 is 17.9 Å². The summed E-state index contributed by atoms with van der Waals surface area (Å²) in [6, 6.07) is 4.98. The molecule has 2 rings (SSSR count). The summed E-state index contributed by atoms with van der Waals surface area (Å²) in [5, 5.41) is 6.40. The standard InChI is InChI=1S/C16H25N3O4S2/c1-3-23-14-7-6-13(18-16(24)17-8-11-22-2)12-15(14)25(20,21)19-9-4-5-10-19/h6-7,12H,3-5,8-11H2,1-2H3,(H2,17,18,24). The van der Waals surface area contributed by atoms with Crippen LogP contribution in [0.2, 0.25) is 0 Å². The van der Waals surface area contributed by atoms with Crippen LogP contribution >= 0.6 is 12.2 Å². The number of nitrogens with one attached hydrogen (secondary N) is 2. The highest BCUT2D eigenvalue weighted by molar-refractivity contribution is 7.89. The fraction of sp³-hybridized carbons (Fsp3) is 0.562. The summed E-state index contributed by atoms with van der Waals surface area (Å²) >= 11 is 5.21. The average molecular weight is 388 g/mol. The van der Waals surface area contributed by atoms with Crippen molar-refractivity contribution in [1.82, 2.24) is 9.62 Å². The number of nitrogens with zero attached hydrogens (tertiary/aromatic N) is 1. The molecule has 0 atom stereocenters. The van der Waals surface area contributed by atoms with E-state index in [9.17, 15) is 8.42 Å². The maximum absolute atomic E-state index is 12.9. The zero-order valence-corrected chi connectivity index (χ0v) is 16.2. The Balaban J connectivity index is 2.22. The molecule has 1 saturated heterocycles. The molecule has 0 spiro atoms. The van der Waals surface area contributed by atoms with E-state index in [1.54, 1.807) is 25.3 Å². The molecule has 0 aliphatic carbocycles. The van der Waals surface area contributed by atoms with E-state index in [0.29, 0.717) is 49.4 Å². The van der Waals surface area contributed by atoms with E-state index in [-0.39, 0.29) is 4.90 Å². The van der Waals surface area contributed by atoms with Gasteiger partial charge in [0.25, 0.3) is 0 Å². The third kappa shape index (κ3) is 5.27. The predicted molar refractivity (Wildman–Crippen MR) is 102 cm³/mol. The molecule has 0 amide bonds. The van der Waals surface area contributed by atoms with Gasteiger partial charge >= 0.3 is 0 Å². The zero-order valence-electron chi connectivity index (χ0n) is 14.6. The van der Waals surface area contributed by atoms with E-state index in [2.05, 4.69) is 10.6 Å². The molecule has 2 N–H and O–H groups in total. The summed E-state index contributed by atoms with van der Waals surface area (Å²) in [5.74, 6) is 0.359. The van der Waals surface area contributed by atoms with E-state index in [0.717, 1.165) is 12.8 Å². The Bertz CT molecular complexity index is 689. The number of benzene rings is 1. The summed E-state index contributed by atoms with van der Waals surface area (Å²) in [6.45, 7) is 4.41. The number of rotatable bonds is 8. The lowest BCUT2D eigenvalue weighted by molar-refractivity contribution is 0.204. The maximum Gasteiger partial charge on any atom is 0.246 e. The summed E-state index contributed by atoms with van der Waals surface area (Å²) in [7, 11) is -1.97. The molecule has 25 heavy (non-hydrogen) atoms. The van der Waals surface area contributed by atoms with Gasteiger partial charge in [-0.2, -0.15) is 4.31 Å². The minimum absolute atomic E-state index is 0.168. The number of methoxy groups -OCH3 is 1. The number of anilines is 1. The Kier molecular flexibility index (Phi) is 7.42. The van der Waals surface area contributed by atoms with E-state index >= 15 is 0 Å². The monoisotopic (exact) mass is 387 g/mol. The van der Waals surface area contributed by atoms with Crippen LogP contribution in [0.15, 0.2) is 23.1 Å². The Morgan fingerprint density at radius 1 is 1.32 bits per heavy atom. The molecule has 1 aromatic rings. The lowest BCUT2D eigenvalue weighted by Gasteiger charge is -2.19. The molecule has 1 aromatic carbocycles. The van der Waals surface area contributed by atoms with Gasteiger partial charge in [0.15, 0.2) is 5.11 Å². The molecule has 9 heteroatoms. The number of thiocarbonyl (C=S) groups is 1. The second-order valence-electron chi connectivity index (χ2n) is 5.58. The van der Waals surface area contributed by atoms with Gasteiger partial charge in [0.05, 0.1) is 13.2 Å². The Labute approximate surface area is 154 Å². The van der Waals surface area contributed by atoms with Crippen LogP contribution in [0.3, 0.4) is 0 Å². The van der Waals surface area contributed by atoms with Gasteiger partial charge in [-0.3, -0.25) is 0 Å². The van der Waals surface area contributed by atoms with Crippen LogP contribution in [0.5, 0.6) is 5.75 Å². The largest absolute Gasteiger partial charge is 0.492 e. The van der Waals surface area contributed by atoms with Crippen molar-refractivity contribution in [2.24, 2.45) is 0 Å². The fourth-order valence-corrected chi connectivity index (χ4v) is 4.47. The third-order valence-electron chi connectivity index (χ3n) is 3.78. The molecule has 0 radical (unpaired) electrons. The smallest absolute Gasteiger partial charge is 0.246 e. The quantitative estimate of drug-likeness (QED) is 0.520. The molecular formula is C16H25N3O4S2. The highest BCUT2D eigenvalue weighted by Crippen LogP contribution is 2.31. The Hall–Kier alpha value is -1.42. The van der Waals surface area contributed by atoms with E-state index in [4.69, 9.17) is 21.7 Å². The maximum atomic E-state index is 12.9. The van der Waals surface area contributed by atoms with Gasteiger partial charge in [0, 0.05) is 32.4 Å². The average Bonchev–Trinajstić information content (AvgIpc) is 3.12. The second-order valence-corrected chi connectivity index (χ2v) is 7.89. The van der Waals surface area contributed by atoms with Gasteiger partial charge in [0.2, 0.25) is 10.0 Å². The van der Waals surface area contributed by atoms with Crippen LogP contribution in [-0.2, 0) is 14.8 Å². The lowest BCUT2D eigenvalue weighted by atomic mass is 10.3. The van der Waals surface area contributed by atoms with E-state index in [1.807, 2.05) is 6.92 Å². The summed E-state index contributed by atoms with van der Waals surface area (Å²) < 4.78 is 37.8. The minimum Gasteiger partial charge on any atom is -0.492 e. The van der Waals surface area contributed by atoms with Crippen LogP contribution in [0, 0.1) is 0 Å². The first-order valence-electron chi connectivity index (χ1n) is 8.30. The third-order valence-corrected chi connectivity index (χ3v) is 5.94. The van der Waals surface area contributed by atoms with Crippen molar-refractivity contribution >= 4 is 33.0 Å². The van der Waals surface area contributed by atoms with Gasteiger partial charge in [-0.1, -0.05) is 0 Å². The van der Waals surface area contributed by atoms with Gasteiger partial charge in [-0.15, -0.1) is 0 Å². The van der Waals surface area contributed by atoms with E-state index in [1.165, 1.54) is 4.31 Å². The molecular weight excluding hydrogens is 362 g/mol. The second kappa shape index (κ2) is 9.33. The molecule has 1 aliphatic rings. The predicted octanol–water partition coefficient (Wildman–Crippen LogP) is 1.80. The van der Waals surface area contributed by atoms with Crippen molar-refractivity contribution in [2.75, 3.05) is 45.3 Å². The van der Waals surface area contributed by atoms with Crippen LogP contribution in [-0.4, -0.2) is 57.8 Å². The molecule has 0 unspecified atom stereocenters. The van der Waals surface area contributed by atoms with Crippen LogP contribution in [0.4, 0.5) is 5.69 Å². The zero-order chi connectivity index (χ0) is 18.3. The topological polar surface area (TPSA) is 79.9 Å². The van der Waals surface area contributed by atoms with Crippen molar-refractivity contribution in [3.63, 3.8) is 0 Å². The van der Waals surface area contributed by atoms with E-state index < -0.39 is 10.0 Å². The highest BCUT2D eigenvalue weighted by atomic mass is 32.2. The number of ether oxygens (including phenoxy) is 2. The Morgan fingerprint density at radius 2 is 2.04 bits per heavy atom. The minimum atomic E-state index is -3.59. The molecule has 0 bridgehead atoms.